The van der Waals surface area contributed by atoms with Crippen LogP contribution in [0.25, 0.3) is 0 Å². The lowest BCUT2D eigenvalue weighted by Crippen LogP contribution is -2.48. The zero-order chi connectivity index (χ0) is 22.1. The van der Waals surface area contributed by atoms with Crippen molar-refractivity contribution >= 4 is 17.8 Å². The maximum atomic E-state index is 13.8. The summed E-state index contributed by atoms with van der Waals surface area (Å²) in [5.74, 6) is -3.48. The van der Waals surface area contributed by atoms with E-state index in [1.54, 1.807) is 30.2 Å². The standard InChI is InChI=1S/C19H21FN2O2.C2H2O4/c1-24-16-8-6-15(7-9-16)14-21-10-12-22(13-11-21)19(23)17-4-2-3-5-18(17)20;3-1(4)2(5)6/h2-9H,10-14H2,1H3;(H,3,4)(H,5,6). The van der Waals surface area contributed by atoms with Crippen LogP contribution in [0.15, 0.2) is 48.5 Å². The van der Waals surface area contributed by atoms with Gasteiger partial charge in [-0.15, -0.1) is 0 Å². The summed E-state index contributed by atoms with van der Waals surface area (Å²) in [5, 5.41) is 14.8. The molecule has 2 aromatic carbocycles. The number of hydrogen-bond donors (Lipinski definition) is 2. The third-order valence-corrected chi connectivity index (χ3v) is 4.51. The number of ether oxygens (including phenoxy) is 1. The Morgan fingerprint density at radius 1 is 0.933 bits per heavy atom. The normalized spacial score (nSPS) is 13.7. The molecule has 30 heavy (non-hydrogen) atoms. The first-order valence-electron chi connectivity index (χ1n) is 9.17. The van der Waals surface area contributed by atoms with Crippen LogP contribution in [0.4, 0.5) is 4.39 Å². The maximum Gasteiger partial charge on any atom is 0.414 e. The molecule has 1 aliphatic heterocycles. The molecule has 0 aromatic heterocycles. The van der Waals surface area contributed by atoms with E-state index in [1.807, 2.05) is 12.1 Å². The number of halogens is 1. The Bertz CT molecular complexity index is 867. The third-order valence-electron chi connectivity index (χ3n) is 4.51. The lowest BCUT2D eigenvalue weighted by atomic mass is 10.1. The Kier molecular flexibility index (Phi) is 8.30. The van der Waals surface area contributed by atoms with Gasteiger partial charge >= 0.3 is 11.9 Å². The van der Waals surface area contributed by atoms with Crippen molar-refractivity contribution in [3.05, 3.63) is 65.5 Å². The summed E-state index contributed by atoms with van der Waals surface area (Å²) in [6.45, 7) is 3.64. The Balaban J connectivity index is 0.000000469. The second-order valence-electron chi connectivity index (χ2n) is 6.51. The van der Waals surface area contributed by atoms with Gasteiger partial charge in [0.05, 0.1) is 12.7 Å². The fraction of sp³-hybridized carbons (Fsp3) is 0.286. The van der Waals surface area contributed by atoms with Crippen LogP contribution < -0.4 is 4.74 Å². The number of methoxy groups -OCH3 is 1. The summed E-state index contributed by atoms with van der Waals surface area (Å²) in [7, 11) is 1.65. The summed E-state index contributed by atoms with van der Waals surface area (Å²) in [6, 6.07) is 14.2. The molecule has 1 heterocycles. The molecule has 0 bridgehead atoms. The molecule has 1 aliphatic rings. The number of rotatable bonds is 4. The Morgan fingerprint density at radius 3 is 2.00 bits per heavy atom. The second kappa shape index (κ2) is 10.9. The van der Waals surface area contributed by atoms with Gasteiger partial charge in [-0.1, -0.05) is 24.3 Å². The summed E-state index contributed by atoms with van der Waals surface area (Å²) < 4.78 is 18.9. The van der Waals surface area contributed by atoms with Gasteiger partial charge in [0, 0.05) is 32.7 Å². The van der Waals surface area contributed by atoms with E-state index < -0.39 is 17.8 Å². The van der Waals surface area contributed by atoms with E-state index in [-0.39, 0.29) is 11.5 Å². The predicted molar refractivity (Wildman–Crippen MR) is 106 cm³/mol. The molecule has 2 aromatic rings. The smallest absolute Gasteiger partial charge is 0.414 e. The molecule has 0 radical (unpaired) electrons. The summed E-state index contributed by atoms with van der Waals surface area (Å²) in [5.41, 5.74) is 1.37. The minimum Gasteiger partial charge on any atom is -0.497 e. The number of carbonyl (C=O) groups is 3. The average molecular weight is 418 g/mol. The van der Waals surface area contributed by atoms with Crippen LogP contribution in [0.5, 0.6) is 5.75 Å². The first-order valence-corrected chi connectivity index (χ1v) is 9.17. The van der Waals surface area contributed by atoms with E-state index in [2.05, 4.69) is 17.0 Å². The number of nitrogens with zero attached hydrogens (tertiary/aromatic N) is 2. The van der Waals surface area contributed by atoms with Crippen molar-refractivity contribution in [2.24, 2.45) is 0 Å². The molecule has 0 spiro atoms. The first-order chi connectivity index (χ1) is 14.3. The van der Waals surface area contributed by atoms with Gasteiger partial charge in [-0.25, -0.2) is 14.0 Å². The van der Waals surface area contributed by atoms with E-state index in [1.165, 1.54) is 11.6 Å². The highest BCUT2D eigenvalue weighted by molar-refractivity contribution is 6.27. The molecule has 1 amide bonds. The van der Waals surface area contributed by atoms with Crippen molar-refractivity contribution in [3.8, 4) is 5.75 Å². The van der Waals surface area contributed by atoms with Gasteiger partial charge in [-0.05, 0) is 29.8 Å². The molecular formula is C21H23FN2O6. The number of hydrogen-bond acceptors (Lipinski definition) is 5. The van der Waals surface area contributed by atoms with Crippen LogP contribution in [0.3, 0.4) is 0 Å². The summed E-state index contributed by atoms with van der Waals surface area (Å²) >= 11 is 0. The fourth-order valence-corrected chi connectivity index (χ4v) is 2.90. The van der Waals surface area contributed by atoms with Gasteiger partial charge in [0.1, 0.15) is 11.6 Å². The van der Waals surface area contributed by atoms with Crippen LogP contribution in [0.2, 0.25) is 0 Å². The highest BCUT2D eigenvalue weighted by Gasteiger charge is 2.23. The van der Waals surface area contributed by atoms with E-state index in [9.17, 15) is 9.18 Å². The fourth-order valence-electron chi connectivity index (χ4n) is 2.90. The molecule has 160 valence electrons. The largest absolute Gasteiger partial charge is 0.497 e. The molecule has 1 fully saturated rings. The molecule has 3 rings (SSSR count). The van der Waals surface area contributed by atoms with Gasteiger partial charge in [0.15, 0.2) is 0 Å². The van der Waals surface area contributed by atoms with Gasteiger partial charge < -0.3 is 19.8 Å². The van der Waals surface area contributed by atoms with Crippen molar-refractivity contribution < 1.29 is 33.7 Å². The molecule has 0 unspecified atom stereocenters. The van der Waals surface area contributed by atoms with Crippen molar-refractivity contribution in [1.29, 1.82) is 0 Å². The van der Waals surface area contributed by atoms with Crippen LogP contribution in [0.1, 0.15) is 15.9 Å². The molecule has 0 saturated carbocycles. The Morgan fingerprint density at radius 2 is 1.50 bits per heavy atom. The zero-order valence-corrected chi connectivity index (χ0v) is 16.5. The zero-order valence-electron chi connectivity index (χ0n) is 16.5. The van der Waals surface area contributed by atoms with Crippen molar-refractivity contribution in [3.63, 3.8) is 0 Å². The summed E-state index contributed by atoms with van der Waals surface area (Å²) in [6.07, 6.45) is 0. The monoisotopic (exact) mass is 418 g/mol. The quantitative estimate of drug-likeness (QED) is 0.731. The van der Waals surface area contributed by atoms with Gasteiger partial charge in [0.2, 0.25) is 0 Å². The lowest BCUT2D eigenvalue weighted by Gasteiger charge is -2.34. The lowest BCUT2D eigenvalue weighted by molar-refractivity contribution is -0.159. The topological polar surface area (TPSA) is 107 Å². The Hall–Kier alpha value is -3.46. The minimum atomic E-state index is -1.82. The van der Waals surface area contributed by atoms with E-state index in [4.69, 9.17) is 24.5 Å². The molecule has 0 atom stereocenters. The Labute approximate surface area is 173 Å². The molecule has 2 N–H and O–H groups in total. The van der Waals surface area contributed by atoms with Crippen LogP contribution in [-0.4, -0.2) is 71.1 Å². The number of aliphatic carboxylic acids is 2. The van der Waals surface area contributed by atoms with Gasteiger partial charge in [0.25, 0.3) is 5.91 Å². The predicted octanol–water partition coefficient (Wildman–Crippen LogP) is 1.95. The highest BCUT2D eigenvalue weighted by Crippen LogP contribution is 2.16. The molecule has 0 aliphatic carbocycles. The summed E-state index contributed by atoms with van der Waals surface area (Å²) in [4.78, 5) is 34.6. The molecule has 8 nitrogen and oxygen atoms in total. The van der Waals surface area contributed by atoms with Gasteiger partial charge in [-0.2, -0.15) is 0 Å². The highest BCUT2D eigenvalue weighted by atomic mass is 19.1. The molecular weight excluding hydrogens is 395 g/mol. The van der Waals surface area contributed by atoms with Crippen molar-refractivity contribution in [2.45, 2.75) is 6.54 Å². The van der Waals surface area contributed by atoms with Crippen molar-refractivity contribution in [1.82, 2.24) is 9.80 Å². The minimum absolute atomic E-state index is 0.154. The first kappa shape index (κ1) is 22.8. The van der Waals surface area contributed by atoms with Gasteiger partial charge in [-0.3, -0.25) is 9.69 Å². The van der Waals surface area contributed by atoms with Crippen LogP contribution in [0, 0.1) is 5.82 Å². The van der Waals surface area contributed by atoms with E-state index >= 15 is 0 Å². The number of piperazine rings is 1. The third kappa shape index (κ3) is 6.56. The second-order valence-corrected chi connectivity index (χ2v) is 6.51. The van der Waals surface area contributed by atoms with Crippen LogP contribution in [-0.2, 0) is 16.1 Å². The van der Waals surface area contributed by atoms with Crippen molar-refractivity contribution in [2.75, 3.05) is 33.3 Å². The number of benzene rings is 2. The number of amides is 1. The average Bonchev–Trinajstić information content (AvgIpc) is 2.75. The maximum absolute atomic E-state index is 13.8. The molecule has 1 saturated heterocycles. The van der Waals surface area contributed by atoms with Crippen LogP contribution >= 0.6 is 0 Å². The van der Waals surface area contributed by atoms with E-state index in [0.717, 1.165) is 25.4 Å². The SMILES string of the molecule is COc1ccc(CN2CCN(C(=O)c3ccccc3F)CC2)cc1.O=C(O)C(=O)O. The number of carboxylic acids is 2. The molecule has 9 heteroatoms. The number of carbonyl (C=O) groups excluding carboxylic acids is 1. The van der Waals surface area contributed by atoms with E-state index in [0.29, 0.717) is 13.1 Å². The number of carboxylic acid groups (broad SMARTS) is 2.